The molecule has 0 aliphatic rings. The van der Waals surface area contributed by atoms with Gasteiger partial charge >= 0.3 is 0 Å². The Morgan fingerprint density at radius 3 is 2.39 bits per heavy atom. The predicted octanol–water partition coefficient (Wildman–Crippen LogP) is 6.67. The van der Waals surface area contributed by atoms with Gasteiger partial charge in [0.2, 0.25) is 0 Å². The average Bonchev–Trinajstić information content (AvgIpc) is 2.69. The zero-order valence-corrected chi connectivity index (χ0v) is 16.9. The lowest BCUT2D eigenvalue weighted by Gasteiger charge is -2.21. The Hall–Kier alpha value is -2.33. The minimum absolute atomic E-state index is 0.142. The molecule has 0 saturated carbocycles. The van der Waals surface area contributed by atoms with Crippen LogP contribution in [0.25, 0.3) is 10.9 Å². The molecule has 0 amide bonds. The minimum Gasteiger partial charge on any atom is -0.505 e. The molecule has 4 aromatic rings. The summed E-state index contributed by atoms with van der Waals surface area (Å²) >= 11 is 18.6. The molecule has 0 spiro atoms. The number of pyridine rings is 2. The number of benzene rings is 2. The first-order valence-corrected chi connectivity index (χ1v) is 9.78. The summed E-state index contributed by atoms with van der Waals surface area (Å²) < 4.78 is 0. The van der Waals surface area contributed by atoms with Gasteiger partial charge in [-0.05, 0) is 35.9 Å². The van der Waals surface area contributed by atoms with Gasteiger partial charge in [-0.2, -0.15) is 0 Å². The first-order chi connectivity index (χ1) is 13.5. The lowest BCUT2D eigenvalue weighted by atomic mass is 9.86. The fourth-order valence-electron chi connectivity index (χ4n) is 3.33. The van der Waals surface area contributed by atoms with Gasteiger partial charge in [-0.1, -0.05) is 59.1 Å². The van der Waals surface area contributed by atoms with Crippen molar-refractivity contribution in [2.45, 2.75) is 12.3 Å². The van der Waals surface area contributed by atoms with Crippen LogP contribution in [0.5, 0.6) is 5.75 Å². The second-order valence-electron chi connectivity index (χ2n) is 6.47. The van der Waals surface area contributed by atoms with Crippen LogP contribution >= 0.6 is 34.8 Å². The molecule has 3 nitrogen and oxygen atoms in total. The van der Waals surface area contributed by atoms with Crippen LogP contribution in [0.1, 0.15) is 22.7 Å². The molecule has 0 bridgehead atoms. The second-order valence-corrected chi connectivity index (χ2v) is 7.75. The topological polar surface area (TPSA) is 46.0 Å². The van der Waals surface area contributed by atoms with E-state index in [0.717, 1.165) is 22.2 Å². The number of aromatic nitrogens is 2. The van der Waals surface area contributed by atoms with E-state index in [1.54, 1.807) is 30.6 Å². The van der Waals surface area contributed by atoms with Gasteiger partial charge in [0.15, 0.2) is 0 Å². The van der Waals surface area contributed by atoms with Crippen molar-refractivity contribution in [3.8, 4) is 5.75 Å². The fraction of sp³-hybridized carbons (Fsp3) is 0.0909. The molecule has 0 aliphatic heterocycles. The number of phenolic OH excluding ortho intramolecular Hbond substituents is 1. The summed E-state index contributed by atoms with van der Waals surface area (Å²) in [4.78, 5) is 8.75. The maximum absolute atomic E-state index is 11.0. The van der Waals surface area contributed by atoms with Crippen molar-refractivity contribution in [1.82, 2.24) is 9.97 Å². The highest BCUT2D eigenvalue weighted by Gasteiger charge is 2.23. The monoisotopic (exact) mass is 428 g/mol. The van der Waals surface area contributed by atoms with Gasteiger partial charge in [0.05, 0.1) is 5.02 Å². The van der Waals surface area contributed by atoms with Crippen LogP contribution in [0.4, 0.5) is 0 Å². The van der Waals surface area contributed by atoms with Crippen molar-refractivity contribution in [3.05, 3.63) is 98.9 Å². The maximum atomic E-state index is 11.0. The van der Waals surface area contributed by atoms with Crippen LogP contribution < -0.4 is 0 Å². The fourth-order valence-corrected chi connectivity index (χ4v) is 3.99. The number of hydrogen-bond donors (Lipinski definition) is 1. The van der Waals surface area contributed by atoms with E-state index in [1.807, 2.05) is 36.4 Å². The van der Waals surface area contributed by atoms with E-state index < -0.39 is 0 Å². The predicted molar refractivity (Wildman–Crippen MR) is 115 cm³/mol. The number of hydrogen-bond acceptors (Lipinski definition) is 3. The Labute approximate surface area is 177 Å². The molecule has 2 aromatic heterocycles. The Morgan fingerprint density at radius 1 is 0.857 bits per heavy atom. The van der Waals surface area contributed by atoms with Crippen LogP contribution in [0, 0.1) is 0 Å². The summed E-state index contributed by atoms with van der Waals surface area (Å²) in [6.07, 6.45) is 3.81. The van der Waals surface area contributed by atoms with Crippen molar-refractivity contribution < 1.29 is 5.11 Å². The minimum atomic E-state index is -0.232. The van der Waals surface area contributed by atoms with Gasteiger partial charge in [0, 0.05) is 51.4 Å². The molecule has 1 N–H and O–H groups in total. The summed E-state index contributed by atoms with van der Waals surface area (Å²) in [5, 5.41) is 13.5. The van der Waals surface area contributed by atoms with Gasteiger partial charge in [-0.3, -0.25) is 9.97 Å². The molecule has 0 fully saturated rings. The molecule has 0 saturated heterocycles. The van der Waals surface area contributed by atoms with Crippen LogP contribution in [0.15, 0.2) is 67.0 Å². The summed E-state index contributed by atoms with van der Waals surface area (Å²) in [7, 11) is 0. The number of halogens is 3. The Morgan fingerprint density at radius 2 is 1.64 bits per heavy atom. The lowest BCUT2D eigenvalue weighted by molar-refractivity contribution is 0.469. The maximum Gasteiger partial charge on any atom is 0.145 e. The van der Waals surface area contributed by atoms with E-state index in [4.69, 9.17) is 34.8 Å². The Kier molecular flexibility index (Phi) is 5.40. The van der Waals surface area contributed by atoms with Crippen LogP contribution in [0.3, 0.4) is 0 Å². The van der Waals surface area contributed by atoms with E-state index in [-0.39, 0.29) is 11.7 Å². The summed E-state index contributed by atoms with van der Waals surface area (Å²) in [6, 6.07) is 16.7. The van der Waals surface area contributed by atoms with Crippen LogP contribution in [-0.4, -0.2) is 15.1 Å². The van der Waals surface area contributed by atoms with Gasteiger partial charge in [-0.25, -0.2) is 0 Å². The number of aromatic hydroxyl groups is 1. The number of nitrogens with zero attached hydrogens (tertiary/aromatic N) is 2. The van der Waals surface area contributed by atoms with E-state index in [9.17, 15) is 5.11 Å². The van der Waals surface area contributed by atoms with Crippen molar-refractivity contribution in [1.29, 1.82) is 0 Å². The van der Waals surface area contributed by atoms with E-state index in [0.29, 0.717) is 27.0 Å². The number of phenols is 1. The molecule has 1 atom stereocenters. The van der Waals surface area contributed by atoms with Crippen LogP contribution in [0.2, 0.25) is 15.1 Å². The van der Waals surface area contributed by atoms with Crippen molar-refractivity contribution in [2.75, 3.05) is 0 Å². The van der Waals surface area contributed by atoms with E-state index in [1.165, 1.54) is 0 Å². The summed E-state index contributed by atoms with van der Waals surface area (Å²) in [6.45, 7) is 0. The highest BCUT2D eigenvalue weighted by atomic mass is 35.5. The number of rotatable bonds is 4. The van der Waals surface area contributed by atoms with Crippen molar-refractivity contribution in [2.24, 2.45) is 0 Å². The molecule has 4 rings (SSSR count). The first kappa shape index (κ1) is 19.0. The highest BCUT2D eigenvalue weighted by molar-refractivity contribution is 6.35. The molecule has 140 valence electrons. The van der Waals surface area contributed by atoms with Gasteiger partial charge in [0.25, 0.3) is 0 Å². The molecule has 0 radical (unpaired) electrons. The van der Waals surface area contributed by atoms with Crippen molar-refractivity contribution >= 4 is 45.7 Å². The van der Waals surface area contributed by atoms with Gasteiger partial charge in [-0.15, -0.1) is 0 Å². The average molecular weight is 430 g/mol. The second kappa shape index (κ2) is 7.96. The zero-order chi connectivity index (χ0) is 19.7. The van der Waals surface area contributed by atoms with E-state index in [2.05, 4.69) is 9.97 Å². The van der Waals surface area contributed by atoms with Gasteiger partial charge in [0.1, 0.15) is 11.3 Å². The smallest absolute Gasteiger partial charge is 0.145 e. The molecule has 1 unspecified atom stereocenters. The summed E-state index contributed by atoms with van der Waals surface area (Å²) in [5.74, 6) is -0.0899. The molecule has 0 aliphatic carbocycles. The normalized spacial score (nSPS) is 12.2. The third-order valence-corrected chi connectivity index (χ3v) is 5.48. The SMILES string of the molecule is Oc1c(C(Cc2ccc(Cl)cn2)c2ccc(Cl)cc2Cl)ccc2cccnc12. The largest absolute Gasteiger partial charge is 0.505 e. The molecule has 28 heavy (non-hydrogen) atoms. The Bertz CT molecular complexity index is 1150. The summed E-state index contributed by atoms with van der Waals surface area (Å²) in [5.41, 5.74) is 2.97. The van der Waals surface area contributed by atoms with Crippen LogP contribution in [-0.2, 0) is 6.42 Å². The highest BCUT2D eigenvalue weighted by Crippen LogP contribution is 2.40. The molecule has 2 aromatic carbocycles. The zero-order valence-electron chi connectivity index (χ0n) is 14.6. The molecular formula is C22H15Cl3N2O. The third-order valence-electron chi connectivity index (χ3n) is 4.69. The quantitative estimate of drug-likeness (QED) is 0.394. The third kappa shape index (κ3) is 3.79. The first-order valence-electron chi connectivity index (χ1n) is 8.65. The lowest BCUT2D eigenvalue weighted by Crippen LogP contribution is -2.08. The van der Waals surface area contributed by atoms with E-state index >= 15 is 0 Å². The molecular weight excluding hydrogens is 415 g/mol. The van der Waals surface area contributed by atoms with Gasteiger partial charge < -0.3 is 5.11 Å². The molecule has 2 heterocycles. The number of fused-ring (bicyclic) bond motifs is 1. The standard InChI is InChI=1S/C22H15Cl3N2O/c23-14-5-8-17(20(25)10-14)19(11-16-6-4-15(24)12-27-16)18-7-3-13-2-1-9-26-21(13)22(18)28/h1-10,12,19,28H,11H2. The van der Waals surface area contributed by atoms with Crippen molar-refractivity contribution in [3.63, 3.8) is 0 Å². The Balaban J connectivity index is 1.87. The molecule has 6 heteroatoms.